The topological polar surface area (TPSA) is 126 Å². The quantitative estimate of drug-likeness (QED) is 0.614. The number of rotatable bonds is 6. The zero-order chi connectivity index (χ0) is 22.9. The van der Waals surface area contributed by atoms with Crippen LogP contribution in [0.15, 0.2) is 29.2 Å². The van der Waals surface area contributed by atoms with Gasteiger partial charge in [0.2, 0.25) is 5.91 Å². The van der Waals surface area contributed by atoms with E-state index in [4.69, 9.17) is 21.2 Å². The molecule has 2 atom stereocenters. The minimum Gasteiger partial charge on any atom is -0.430 e. The van der Waals surface area contributed by atoms with Gasteiger partial charge in [0.05, 0.1) is 27.8 Å². The number of nitrogens with one attached hydrogen (secondary N) is 1. The van der Waals surface area contributed by atoms with Crippen molar-refractivity contribution in [3.63, 3.8) is 0 Å². The highest BCUT2D eigenvalue weighted by molar-refractivity contribution is 7.92. The predicted octanol–water partition coefficient (Wildman–Crippen LogP) is 2.74. The first kappa shape index (κ1) is 22.8. The number of amides is 1. The lowest BCUT2D eigenvalue weighted by molar-refractivity contribution is -0.159. The Labute approximate surface area is 191 Å². The molecular formula is C21H24ClN3O6S. The molecule has 1 aromatic rings. The number of hydroxylamine groups is 2. The molecule has 1 aromatic carbocycles. The number of carbonyl (C=O) groups is 2. The second kappa shape index (κ2) is 8.89. The SMILES string of the molecule is N#CC1(NC(=O)[C@@H]2C[C@@H](S(=O)(=O)c3ccccc3Cl)CN2OC(=O)OC2CCCC2)CC1. The fraction of sp³-hybridized carbons (Fsp3) is 0.571. The van der Waals surface area contributed by atoms with Crippen LogP contribution in [0.2, 0.25) is 5.02 Å². The van der Waals surface area contributed by atoms with E-state index in [0.717, 1.165) is 30.7 Å². The molecular weight excluding hydrogens is 458 g/mol. The lowest BCUT2D eigenvalue weighted by atomic mass is 10.2. The van der Waals surface area contributed by atoms with Gasteiger partial charge in [-0.3, -0.25) is 4.79 Å². The van der Waals surface area contributed by atoms with Crippen LogP contribution in [-0.2, 0) is 24.2 Å². The number of sulfone groups is 1. The first-order valence-electron chi connectivity index (χ1n) is 10.6. The Hall–Kier alpha value is -2.35. The molecule has 2 aliphatic carbocycles. The summed E-state index contributed by atoms with van der Waals surface area (Å²) in [6, 6.07) is 7.06. The van der Waals surface area contributed by atoms with E-state index in [1.807, 2.05) is 0 Å². The van der Waals surface area contributed by atoms with Crippen LogP contribution in [-0.4, -0.2) is 55.0 Å². The summed E-state index contributed by atoms with van der Waals surface area (Å²) in [7, 11) is -3.91. The maximum atomic E-state index is 13.2. The van der Waals surface area contributed by atoms with Gasteiger partial charge in [-0.05, 0) is 57.1 Å². The van der Waals surface area contributed by atoms with E-state index in [-0.39, 0.29) is 29.0 Å². The highest BCUT2D eigenvalue weighted by Gasteiger charge is 2.50. The first-order chi connectivity index (χ1) is 15.2. The molecule has 1 aliphatic heterocycles. The van der Waals surface area contributed by atoms with Crippen LogP contribution in [0.5, 0.6) is 0 Å². The fourth-order valence-electron chi connectivity index (χ4n) is 4.16. The van der Waals surface area contributed by atoms with Crippen LogP contribution in [0, 0.1) is 11.3 Å². The average molecular weight is 482 g/mol. The molecule has 1 saturated heterocycles. The van der Waals surface area contributed by atoms with Gasteiger partial charge in [0.15, 0.2) is 9.84 Å². The van der Waals surface area contributed by atoms with E-state index < -0.39 is 38.7 Å². The number of halogens is 1. The van der Waals surface area contributed by atoms with Gasteiger partial charge in [0.25, 0.3) is 0 Å². The molecule has 4 rings (SSSR count). The Morgan fingerprint density at radius 3 is 2.53 bits per heavy atom. The van der Waals surface area contributed by atoms with Gasteiger partial charge in [0.1, 0.15) is 17.7 Å². The Morgan fingerprint density at radius 1 is 1.22 bits per heavy atom. The Bertz CT molecular complexity index is 1050. The van der Waals surface area contributed by atoms with Crippen molar-refractivity contribution in [1.82, 2.24) is 10.4 Å². The van der Waals surface area contributed by atoms with Gasteiger partial charge in [-0.25, -0.2) is 13.2 Å². The van der Waals surface area contributed by atoms with Crippen molar-refractivity contribution in [3.05, 3.63) is 29.3 Å². The summed E-state index contributed by atoms with van der Waals surface area (Å²) in [6.07, 6.45) is 3.13. The molecule has 9 nitrogen and oxygen atoms in total. The van der Waals surface area contributed by atoms with Crippen molar-refractivity contribution in [1.29, 1.82) is 5.26 Å². The number of nitrogens with zero attached hydrogens (tertiary/aromatic N) is 2. The number of hydrogen-bond acceptors (Lipinski definition) is 8. The van der Waals surface area contributed by atoms with Crippen molar-refractivity contribution in [3.8, 4) is 6.07 Å². The van der Waals surface area contributed by atoms with Gasteiger partial charge in [-0.2, -0.15) is 5.26 Å². The van der Waals surface area contributed by atoms with Crippen LogP contribution >= 0.6 is 11.6 Å². The van der Waals surface area contributed by atoms with Crippen molar-refractivity contribution < 1.29 is 27.6 Å². The van der Waals surface area contributed by atoms with E-state index in [1.54, 1.807) is 12.1 Å². The molecule has 0 bridgehead atoms. The summed E-state index contributed by atoms with van der Waals surface area (Å²) >= 11 is 6.10. The molecule has 1 N–H and O–H groups in total. The molecule has 1 heterocycles. The lowest BCUT2D eigenvalue weighted by Crippen LogP contribution is -2.48. The third-order valence-electron chi connectivity index (χ3n) is 6.19. The van der Waals surface area contributed by atoms with E-state index in [9.17, 15) is 23.3 Å². The van der Waals surface area contributed by atoms with Gasteiger partial charge >= 0.3 is 6.16 Å². The highest BCUT2D eigenvalue weighted by atomic mass is 35.5. The molecule has 172 valence electrons. The van der Waals surface area contributed by atoms with Crippen molar-refractivity contribution in [2.75, 3.05) is 6.54 Å². The van der Waals surface area contributed by atoms with Crippen LogP contribution in [0.3, 0.4) is 0 Å². The van der Waals surface area contributed by atoms with E-state index in [1.165, 1.54) is 12.1 Å². The molecule has 3 aliphatic rings. The van der Waals surface area contributed by atoms with E-state index in [2.05, 4.69) is 11.4 Å². The normalized spacial score (nSPS) is 25.1. The molecule has 0 spiro atoms. The molecule has 11 heteroatoms. The highest BCUT2D eigenvalue weighted by Crippen LogP contribution is 2.36. The number of nitriles is 1. The average Bonchev–Trinajstić information content (AvgIpc) is 3.12. The standard InChI is InChI=1S/C21H24ClN3O6S/c22-16-7-3-4-8-18(16)32(28,29)15-11-17(19(26)24-21(13-23)9-10-21)25(12-15)31-20(27)30-14-5-1-2-6-14/h3-4,7-8,14-15,17H,1-2,5-6,9-12H2,(H,24,26)/t15-,17+/m1/s1. The lowest BCUT2D eigenvalue weighted by Gasteiger charge is -2.23. The van der Waals surface area contributed by atoms with E-state index >= 15 is 0 Å². The van der Waals surface area contributed by atoms with Gasteiger partial charge in [-0.15, -0.1) is 5.06 Å². The van der Waals surface area contributed by atoms with Gasteiger partial charge in [0, 0.05) is 0 Å². The summed E-state index contributed by atoms with van der Waals surface area (Å²) in [5.74, 6) is -0.561. The Balaban J connectivity index is 1.53. The van der Waals surface area contributed by atoms with Crippen molar-refractivity contribution in [2.45, 2.75) is 72.8 Å². The van der Waals surface area contributed by atoms with Gasteiger partial charge < -0.3 is 14.9 Å². The monoisotopic (exact) mass is 481 g/mol. The minimum absolute atomic E-state index is 0.0445. The second-order valence-corrected chi connectivity index (χ2v) is 11.1. The predicted molar refractivity (Wildman–Crippen MR) is 113 cm³/mol. The van der Waals surface area contributed by atoms with Crippen LogP contribution in [0.1, 0.15) is 44.9 Å². The Morgan fingerprint density at radius 2 is 1.91 bits per heavy atom. The smallest absolute Gasteiger partial charge is 0.430 e. The van der Waals surface area contributed by atoms with Crippen molar-refractivity contribution >= 4 is 33.5 Å². The summed E-state index contributed by atoms with van der Waals surface area (Å²) in [6.45, 7) is -0.217. The molecule has 3 fully saturated rings. The zero-order valence-corrected chi connectivity index (χ0v) is 18.9. The number of benzene rings is 1. The second-order valence-electron chi connectivity index (χ2n) is 8.50. The molecule has 32 heavy (non-hydrogen) atoms. The van der Waals surface area contributed by atoms with Crippen LogP contribution < -0.4 is 5.32 Å². The number of hydrogen-bond donors (Lipinski definition) is 1. The molecule has 2 saturated carbocycles. The number of ether oxygens (including phenoxy) is 1. The molecule has 1 amide bonds. The summed E-state index contributed by atoms with van der Waals surface area (Å²) in [5.41, 5.74) is -0.938. The van der Waals surface area contributed by atoms with Crippen LogP contribution in [0.4, 0.5) is 4.79 Å². The van der Waals surface area contributed by atoms with Crippen molar-refractivity contribution in [2.24, 2.45) is 0 Å². The summed E-state index contributed by atoms with van der Waals surface area (Å²) in [4.78, 5) is 30.5. The molecule has 0 radical (unpaired) electrons. The third kappa shape index (κ3) is 4.70. The zero-order valence-electron chi connectivity index (χ0n) is 17.3. The maximum Gasteiger partial charge on any atom is 0.528 e. The first-order valence-corrected chi connectivity index (χ1v) is 12.5. The molecule has 0 aromatic heterocycles. The van der Waals surface area contributed by atoms with E-state index in [0.29, 0.717) is 12.8 Å². The Kier molecular flexibility index (Phi) is 6.34. The minimum atomic E-state index is -3.91. The summed E-state index contributed by atoms with van der Waals surface area (Å²) in [5, 5.41) is 12.0. The number of carbonyl (C=O) groups excluding carboxylic acids is 2. The maximum absolute atomic E-state index is 13.2. The fourth-order valence-corrected chi connectivity index (χ4v) is 6.36. The van der Waals surface area contributed by atoms with Gasteiger partial charge in [-0.1, -0.05) is 23.7 Å². The largest absolute Gasteiger partial charge is 0.528 e. The summed E-state index contributed by atoms with van der Waals surface area (Å²) < 4.78 is 31.7. The molecule has 0 unspecified atom stereocenters. The third-order valence-corrected chi connectivity index (χ3v) is 8.82. The van der Waals surface area contributed by atoms with Crippen LogP contribution in [0.25, 0.3) is 0 Å².